The number of halogens is 2. The number of hydrogen-bond donors (Lipinski definition) is 1. The summed E-state index contributed by atoms with van der Waals surface area (Å²) in [5.41, 5.74) is -2.10. The molecule has 0 amide bonds. The van der Waals surface area contributed by atoms with Gasteiger partial charge in [0.25, 0.3) is 0 Å². The van der Waals surface area contributed by atoms with Gasteiger partial charge in [-0.2, -0.15) is 4.39 Å². The van der Waals surface area contributed by atoms with Gasteiger partial charge in [0.05, 0.1) is 10.5 Å². The first-order valence-electron chi connectivity index (χ1n) is 5.76. The van der Waals surface area contributed by atoms with E-state index in [0.29, 0.717) is 6.07 Å². The van der Waals surface area contributed by atoms with Crippen molar-refractivity contribution >= 4 is 11.4 Å². The van der Waals surface area contributed by atoms with Crippen LogP contribution in [0.15, 0.2) is 12.1 Å². The Kier molecular flexibility index (Phi) is 4.41. The summed E-state index contributed by atoms with van der Waals surface area (Å²) in [5.74, 6) is -2.12. The number of likely N-dealkylation sites (N-methyl/N-ethyl adjacent to an activating group) is 1. The maximum absolute atomic E-state index is 13.5. The van der Waals surface area contributed by atoms with E-state index in [1.807, 2.05) is 0 Å². The Balaban J connectivity index is 3.33. The summed E-state index contributed by atoms with van der Waals surface area (Å²) in [6, 6.07) is 1.37. The molecule has 106 valence electrons. The van der Waals surface area contributed by atoms with Gasteiger partial charge in [-0.3, -0.25) is 10.1 Å². The summed E-state index contributed by atoms with van der Waals surface area (Å²) < 4.78 is 26.8. The number of nitro groups is 1. The predicted molar refractivity (Wildman–Crippen MR) is 67.2 cm³/mol. The Bertz CT molecular complexity index is 487. The Morgan fingerprint density at radius 2 is 2.00 bits per heavy atom. The second-order valence-electron chi connectivity index (χ2n) is 4.84. The van der Waals surface area contributed by atoms with Crippen molar-refractivity contribution < 1.29 is 18.8 Å². The van der Waals surface area contributed by atoms with Crippen molar-refractivity contribution in [3.8, 4) is 0 Å². The SMILES string of the molecule is CCN(CC(C)(C)O)c1cc(F)cc(F)c1[N+](=O)[O-]. The van der Waals surface area contributed by atoms with Crippen molar-refractivity contribution in [3.63, 3.8) is 0 Å². The van der Waals surface area contributed by atoms with Crippen molar-refractivity contribution in [2.45, 2.75) is 26.4 Å². The molecule has 0 bridgehead atoms. The van der Waals surface area contributed by atoms with Gasteiger partial charge in [-0.1, -0.05) is 0 Å². The van der Waals surface area contributed by atoms with Gasteiger partial charge in [0.1, 0.15) is 11.5 Å². The Morgan fingerprint density at radius 1 is 1.42 bits per heavy atom. The smallest absolute Gasteiger partial charge is 0.328 e. The third kappa shape index (κ3) is 3.85. The molecule has 1 aromatic carbocycles. The number of rotatable bonds is 5. The van der Waals surface area contributed by atoms with E-state index in [1.54, 1.807) is 6.92 Å². The highest BCUT2D eigenvalue weighted by Crippen LogP contribution is 2.32. The molecule has 1 rings (SSSR count). The van der Waals surface area contributed by atoms with Crippen LogP contribution in [0.4, 0.5) is 20.2 Å². The van der Waals surface area contributed by atoms with Crippen LogP contribution in [0.1, 0.15) is 20.8 Å². The largest absolute Gasteiger partial charge is 0.389 e. The molecule has 1 N–H and O–H groups in total. The minimum atomic E-state index is -1.23. The van der Waals surface area contributed by atoms with Crippen molar-refractivity contribution in [2.24, 2.45) is 0 Å². The maximum Gasteiger partial charge on any atom is 0.328 e. The lowest BCUT2D eigenvalue weighted by Crippen LogP contribution is -2.39. The third-order valence-corrected chi connectivity index (χ3v) is 2.49. The molecule has 0 atom stereocenters. The standard InChI is InChI=1S/C12H16F2N2O3/c1-4-15(7-12(2,3)17)10-6-8(13)5-9(14)11(10)16(18)19/h5-6,17H,4,7H2,1-3H3. The molecular weight excluding hydrogens is 258 g/mol. The molecule has 0 heterocycles. The number of hydrogen-bond acceptors (Lipinski definition) is 4. The van der Waals surface area contributed by atoms with Gasteiger partial charge >= 0.3 is 5.69 Å². The van der Waals surface area contributed by atoms with Crippen molar-refractivity contribution in [1.82, 2.24) is 0 Å². The van der Waals surface area contributed by atoms with Crippen LogP contribution in [0.5, 0.6) is 0 Å². The Labute approximate surface area is 109 Å². The quantitative estimate of drug-likeness (QED) is 0.661. The summed E-state index contributed by atoms with van der Waals surface area (Å²) in [6.07, 6.45) is 0. The first-order chi connectivity index (χ1) is 8.65. The van der Waals surface area contributed by atoms with Crippen molar-refractivity contribution in [1.29, 1.82) is 0 Å². The van der Waals surface area contributed by atoms with Crippen LogP contribution in [0.25, 0.3) is 0 Å². The van der Waals surface area contributed by atoms with E-state index in [-0.39, 0.29) is 18.8 Å². The van der Waals surface area contributed by atoms with Gasteiger partial charge < -0.3 is 10.0 Å². The monoisotopic (exact) mass is 274 g/mol. The fraction of sp³-hybridized carbons (Fsp3) is 0.500. The van der Waals surface area contributed by atoms with Crippen LogP contribution in [-0.2, 0) is 0 Å². The molecule has 0 radical (unpaired) electrons. The van der Waals surface area contributed by atoms with E-state index in [9.17, 15) is 24.0 Å². The second-order valence-corrected chi connectivity index (χ2v) is 4.84. The number of nitrogens with zero attached hydrogens (tertiary/aromatic N) is 2. The first-order valence-corrected chi connectivity index (χ1v) is 5.76. The Hall–Kier alpha value is -1.76. The van der Waals surface area contributed by atoms with E-state index < -0.39 is 27.8 Å². The van der Waals surface area contributed by atoms with Crippen molar-refractivity contribution in [3.05, 3.63) is 33.9 Å². The van der Waals surface area contributed by atoms with Crippen LogP contribution in [0.3, 0.4) is 0 Å². The zero-order valence-corrected chi connectivity index (χ0v) is 11.0. The summed E-state index contributed by atoms with van der Waals surface area (Å²) in [5, 5.41) is 20.6. The molecule has 19 heavy (non-hydrogen) atoms. The minimum absolute atomic E-state index is 0.0211. The van der Waals surface area contributed by atoms with Crippen LogP contribution in [-0.4, -0.2) is 28.7 Å². The molecule has 0 aliphatic carbocycles. The summed E-state index contributed by atoms with van der Waals surface area (Å²) in [4.78, 5) is 11.4. The minimum Gasteiger partial charge on any atom is -0.389 e. The molecule has 0 aliphatic rings. The van der Waals surface area contributed by atoms with E-state index in [4.69, 9.17) is 0 Å². The van der Waals surface area contributed by atoms with Crippen LogP contribution < -0.4 is 4.90 Å². The fourth-order valence-corrected chi connectivity index (χ4v) is 1.81. The highest BCUT2D eigenvalue weighted by molar-refractivity contribution is 5.64. The van der Waals surface area contributed by atoms with Crippen molar-refractivity contribution in [2.75, 3.05) is 18.0 Å². The van der Waals surface area contributed by atoms with Gasteiger partial charge in [-0.25, -0.2) is 4.39 Å². The van der Waals surface area contributed by atoms with Gasteiger partial charge in [0.2, 0.25) is 5.82 Å². The number of benzene rings is 1. The second kappa shape index (κ2) is 5.48. The van der Waals surface area contributed by atoms with Gasteiger partial charge in [0, 0.05) is 25.2 Å². The normalized spacial score (nSPS) is 11.5. The molecule has 1 aromatic rings. The average Bonchev–Trinajstić information content (AvgIpc) is 2.22. The molecule has 0 aliphatic heterocycles. The molecule has 0 unspecified atom stereocenters. The lowest BCUT2D eigenvalue weighted by atomic mass is 10.1. The topological polar surface area (TPSA) is 66.6 Å². The molecule has 0 aromatic heterocycles. The zero-order valence-electron chi connectivity index (χ0n) is 11.0. The summed E-state index contributed by atoms with van der Waals surface area (Å²) >= 11 is 0. The van der Waals surface area contributed by atoms with E-state index in [0.717, 1.165) is 6.07 Å². The molecule has 0 fully saturated rings. The molecule has 7 heteroatoms. The fourth-order valence-electron chi connectivity index (χ4n) is 1.81. The van der Waals surface area contributed by atoms with Gasteiger partial charge in [-0.15, -0.1) is 0 Å². The lowest BCUT2D eigenvalue weighted by molar-refractivity contribution is -0.386. The van der Waals surface area contributed by atoms with Gasteiger partial charge in [0.15, 0.2) is 0 Å². The maximum atomic E-state index is 13.5. The number of anilines is 1. The first kappa shape index (κ1) is 15.3. The number of aliphatic hydroxyl groups is 1. The van der Waals surface area contributed by atoms with E-state index >= 15 is 0 Å². The predicted octanol–water partition coefficient (Wildman–Crippen LogP) is 2.47. The summed E-state index contributed by atoms with van der Waals surface area (Å²) in [7, 11) is 0. The van der Waals surface area contributed by atoms with Crippen LogP contribution >= 0.6 is 0 Å². The molecule has 5 nitrogen and oxygen atoms in total. The summed E-state index contributed by atoms with van der Waals surface area (Å²) in [6.45, 7) is 4.99. The van der Waals surface area contributed by atoms with Gasteiger partial charge in [-0.05, 0) is 20.8 Å². The third-order valence-electron chi connectivity index (χ3n) is 2.49. The van der Waals surface area contributed by atoms with E-state index in [1.165, 1.54) is 18.7 Å². The molecular formula is C12H16F2N2O3. The zero-order chi connectivity index (χ0) is 14.8. The highest BCUT2D eigenvalue weighted by Gasteiger charge is 2.28. The molecule has 0 saturated heterocycles. The van der Waals surface area contributed by atoms with E-state index in [2.05, 4.69) is 0 Å². The van der Waals surface area contributed by atoms with Crippen LogP contribution in [0.2, 0.25) is 0 Å². The Morgan fingerprint density at radius 3 is 2.42 bits per heavy atom. The lowest BCUT2D eigenvalue weighted by Gasteiger charge is -2.29. The molecule has 0 spiro atoms. The molecule has 0 saturated carbocycles. The number of nitro benzene ring substituents is 1. The highest BCUT2D eigenvalue weighted by atomic mass is 19.1. The average molecular weight is 274 g/mol. The van der Waals surface area contributed by atoms with Crippen LogP contribution in [0, 0.1) is 21.7 Å².